The molecule has 1 aliphatic rings. The van der Waals surface area contributed by atoms with Gasteiger partial charge in [-0.05, 0) is 12.5 Å². The van der Waals surface area contributed by atoms with Gasteiger partial charge in [0.25, 0.3) is 0 Å². The van der Waals surface area contributed by atoms with Crippen molar-refractivity contribution in [3.05, 3.63) is 58.4 Å². The van der Waals surface area contributed by atoms with E-state index in [0.29, 0.717) is 11.4 Å². The van der Waals surface area contributed by atoms with E-state index < -0.39 is 17.9 Å². The van der Waals surface area contributed by atoms with Gasteiger partial charge in [0.15, 0.2) is 0 Å². The van der Waals surface area contributed by atoms with Gasteiger partial charge >= 0.3 is 17.9 Å². The van der Waals surface area contributed by atoms with E-state index in [9.17, 15) is 14.4 Å². The number of aromatic nitrogens is 1. The maximum Gasteiger partial charge on any atom is 0.355 e. The number of rotatable bonds is 5. The molecule has 27 heavy (non-hydrogen) atoms. The van der Waals surface area contributed by atoms with Crippen LogP contribution in [0.2, 0.25) is 0 Å². The first kappa shape index (κ1) is 19.0. The fourth-order valence-corrected chi connectivity index (χ4v) is 4.49. The summed E-state index contributed by atoms with van der Waals surface area (Å²) < 4.78 is 16.6. The molecule has 8 heteroatoms. The van der Waals surface area contributed by atoms with Crippen molar-refractivity contribution in [2.75, 3.05) is 20.8 Å². The van der Waals surface area contributed by atoms with Crippen LogP contribution >= 0.6 is 11.8 Å². The molecule has 0 amide bonds. The van der Waals surface area contributed by atoms with E-state index in [1.807, 2.05) is 30.3 Å². The molecule has 1 aromatic heterocycles. The van der Waals surface area contributed by atoms with Crippen molar-refractivity contribution in [1.82, 2.24) is 4.57 Å². The maximum absolute atomic E-state index is 12.7. The summed E-state index contributed by atoms with van der Waals surface area (Å²) in [7, 11) is 2.43. The molecule has 0 saturated heterocycles. The Morgan fingerprint density at radius 1 is 1.04 bits per heavy atom. The molecule has 1 aromatic carbocycles. The first-order valence-electron chi connectivity index (χ1n) is 8.32. The van der Waals surface area contributed by atoms with Crippen molar-refractivity contribution < 1.29 is 28.6 Å². The largest absolute Gasteiger partial charge is 0.465 e. The Morgan fingerprint density at radius 2 is 1.67 bits per heavy atom. The number of hydrogen-bond donors (Lipinski definition) is 0. The number of carbonyl (C=O) groups excluding carboxylic acids is 3. The Labute approximate surface area is 160 Å². The number of fused-ring (bicyclic) bond motifs is 1. The molecule has 1 aliphatic heterocycles. The summed E-state index contributed by atoms with van der Waals surface area (Å²) in [6.07, 6.45) is 0. The van der Waals surface area contributed by atoms with E-state index >= 15 is 0 Å². The SMILES string of the molecule is CCOC(=O)c1c(C(=O)OC)c(C(=O)OC)c2n1[C@@H](c1ccccc1)SC2. The van der Waals surface area contributed by atoms with Crippen molar-refractivity contribution in [3.8, 4) is 0 Å². The lowest BCUT2D eigenvalue weighted by Gasteiger charge is -2.16. The third-order valence-corrected chi connectivity index (χ3v) is 5.49. The van der Waals surface area contributed by atoms with Crippen LogP contribution in [0.4, 0.5) is 0 Å². The summed E-state index contributed by atoms with van der Waals surface area (Å²) in [6.45, 7) is 1.81. The zero-order valence-corrected chi connectivity index (χ0v) is 16.0. The lowest BCUT2D eigenvalue weighted by atomic mass is 10.1. The number of nitrogens with zero attached hydrogens (tertiary/aromatic N) is 1. The van der Waals surface area contributed by atoms with Gasteiger partial charge in [0.05, 0.1) is 26.4 Å². The van der Waals surface area contributed by atoms with Gasteiger partial charge in [-0.3, -0.25) is 0 Å². The van der Waals surface area contributed by atoms with Crippen molar-refractivity contribution in [1.29, 1.82) is 0 Å². The fraction of sp³-hybridized carbons (Fsp3) is 0.316. The molecule has 2 heterocycles. The van der Waals surface area contributed by atoms with Crippen LogP contribution in [0, 0.1) is 0 Å². The predicted octanol–water partition coefficient (Wildman–Crippen LogP) is 3.03. The van der Waals surface area contributed by atoms with Crippen LogP contribution in [-0.4, -0.2) is 43.3 Å². The number of benzene rings is 1. The Hall–Kier alpha value is -2.74. The van der Waals surface area contributed by atoms with Crippen LogP contribution in [0.1, 0.15) is 54.8 Å². The minimum absolute atomic E-state index is 0.0120. The summed E-state index contributed by atoms with van der Waals surface area (Å²) in [5.41, 5.74) is 1.44. The molecule has 0 saturated carbocycles. The minimum atomic E-state index is -0.780. The van der Waals surface area contributed by atoms with Gasteiger partial charge in [-0.2, -0.15) is 0 Å². The van der Waals surface area contributed by atoms with Crippen LogP contribution in [0.15, 0.2) is 30.3 Å². The van der Waals surface area contributed by atoms with Gasteiger partial charge in [0.1, 0.15) is 16.6 Å². The molecule has 0 spiro atoms. The van der Waals surface area contributed by atoms with Gasteiger partial charge in [-0.1, -0.05) is 30.3 Å². The van der Waals surface area contributed by atoms with E-state index in [1.54, 1.807) is 23.3 Å². The summed E-state index contributed by atoms with van der Waals surface area (Å²) in [5, 5.41) is -0.276. The number of esters is 3. The standard InChI is InChI=1S/C19H19NO6S/c1-4-26-19(23)15-14(18(22)25-3)13(17(21)24-2)12-10-27-16(20(12)15)11-8-6-5-7-9-11/h5-9,16H,4,10H2,1-3H3/t16-/m1/s1. The average Bonchev–Trinajstić information content (AvgIpc) is 3.25. The molecule has 1 atom stereocenters. The zero-order valence-electron chi connectivity index (χ0n) is 15.2. The molecule has 3 rings (SSSR count). The number of thioether (sulfide) groups is 1. The van der Waals surface area contributed by atoms with Gasteiger partial charge in [-0.15, -0.1) is 11.8 Å². The Morgan fingerprint density at radius 3 is 2.26 bits per heavy atom. The molecule has 2 aromatic rings. The summed E-state index contributed by atoms with van der Waals surface area (Å²) >= 11 is 1.55. The molecule has 0 aliphatic carbocycles. The van der Waals surface area contributed by atoms with Gasteiger partial charge < -0.3 is 18.8 Å². The molecule has 0 fully saturated rings. The highest BCUT2D eigenvalue weighted by molar-refractivity contribution is 7.99. The second kappa shape index (κ2) is 7.87. The Balaban J connectivity index is 2.30. The lowest BCUT2D eigenvalue weighted by Crippen LogP contribution is -2.19. The molecule has 0 radical (unpaired) electrons. The second-order valence-electron chi connectivity index (χ2n) is 5.69. The van der Waals surface area contributed by atoms with Crippen molar-refractivity contribution >= 4 is 29.7 Å². The smallest absolute Gasteiger partial charge is 0.355 e. The van der Waals surface area contributed by atoms with Crippen molar-refractivity contribution in [3.63, 3.8) is 0 Å². The Kier molecular flexibility index (Phi) is 5.55. The van der Waals surface area contributed by atoms with E-state index in [-0.39, 0.29) is 28.8 Å². The van der Waals surface area contributed by atoms with Crippen LogP contribution < -0.4 is 0 Å². The van der Waals surface area contributed by atoms with Gasteiger partial charge in [0, 0.05) is 11.4 Å². The molecular formula is C19H19NO6S. The van der Waals surface area contributed by atoms with Gasteiger partial charge in [-0.25, -0.2) is 14.4 Å². The van der Waals surface area contributed by atoms with Crippen LogP contribution in [0.25, 0.3) is 0 Å². The average molecular weight is 389 g/mol. The first-order valence-corrected chi connectivity index (χ1v) is 9.37. The monoisotopic (exact) mass is 389 g/mol. The molecular weight excluding hydrogens is 370 g/mol. The molecule has 142 valence electrons. The molecule has 7 nitrogen and oxygen atoms in total. The summed E-state index contributed by atoms with van der Waals surface area (Å²) in [5.74, 6) is -1.72. The highest BCUT2D eigenvalue weighted by Gasteiger charge is 2.41. The van der Waals surface area contributed by atoms with E-state index in [4.69, 9.17) is 14.2 Å². The van der Waals surface area contributed by atoms with E-state index in [0.717, 1.165) is 5.56 Å². The lowest BCUT2D eigenvalue weighted by molar-refractivity contribution is 0.0491. The second-order valence-corrected chi connectivity index (χ2v) is 6.76. The number of hydrogen-bond acceptors (Lipinski definition) is 7. The number of carbonyl (C=O) groups is 3. The van der Waals surface area contributed by atoms with Crippen molar-refractivity contribution in [2.45, 2.75) is 18.1 Å². The summed E-state index contributed by atoms with van der Waals surface area (Å²) in [4.78, 5) is 37.7. The minimum Gasteiger partial charge on any atom is -0.465 e. The highest BCUT2D eigenvalue weighted by atomic mass is 32.2. The van der Waals surface area contributed by atoms with E-state index in [2.05, 4.69) is 0 Å². The topological polar surface area (TPSA) is 83.8 Å². The van der Waals surface area contributed by atoms with Crippen LogP contribution in [0.3, 0.4) is 0 Å². The number of ether oxygens (including phenoxy) is 3. The predicted molar refractivity (Wildman–Crippen MR) is 98.9 cm³/mol. The third-order valence-electron chi connectivity index (χ3n) is 4.25. The molecule has 0 unspecified atom stereocenters. The summed E-state index contributed by atoms with van der Waals surface area (Å²) in [6, 6.07) is 9.54. The van der Waals surface area contributed by atoms with E-state index in [1.165, 1.54) is 14.2 Å². The number of methoxy groups -OCH3 is 2. The molecule has 0 bridgehead atoms. The highest BCUT2D eigenvalue weighted by Crippen LogP contribution is 2.45. The Bertz CT molecular complexity index is 889. The normalized spacial score (nSPS) is 15.1. The third kappa shape index (κ3) is 3.21. The zero-order chi connectivity index (χ0) is 19.6. The van der Waals surface area contributed by atoms with Crippen LogP contribution in [-0.2, 0) is 20.0 Å². The van der Waals surface area contributed by atoms with Crippen molar-refractivity contribution in [2.24, 2.45) is 0 Å². The van der Waals surface area contributed by atoms with Crippen LogP contribution in [0.5, 0.6) is 0 Å². The molecule has 0 N–H and O–H groups in total. The fourth-order valence-electron chi connectivity index (χ4n) is 3.16. The quantitative estimate of drug-likeness (QED) is 0.574. The maximum atomic E-state index is 12.7. The van der Waals surface area contributed by atoms with Gasteiger partial charge in [0.2, 0.25) is 0 Å². The first-order chi connectivity index (χ1) is 13.0.